The average molecular weight is 389 g/mol. The molecule has 0 spiro atoms. The summed E-state index contributed by atoms with van der Waals surface area (Å²) in [6.07, 6.45) is 0.892. The first-order valence-corrected chi connectivity index (χ1v) is 8.48. The van der Waals surface area contributed by atoms with Gasteiger partial charge in [-0.05, 0) is 30.7 Å². The van der Waals surface area contributed by atoms with Crippen LogP contribution in [-0.2, 0) is 13.0 Å². The molecule has 0 radical (unpaired) electrons. The molecule has 4 nitrogen and oxygen atoms in total. The second kappa shape index (κ2) is 8.22. The molecule has 3 aromatic rings. The first-order valence-electron chi connectivity index (χ1n) is 8.10. The highest BCUT2D eigenvalue weighted by Crippen LogP contribution is 2.26. The van der Waals surface area contributed by atoms with Crippen LogP contribution >= 0.6 is 11.6 Å². The third kappa shape index (κ3) is 4.46. The predicted molar refractivity (Wildman–Crippen MR) is 97.1 cm³/mol. The Kier molecular flexibility index (Phi) is 5.76. The van der Waals surface area contributed by atoms with E-state index in [0.29, 0.717) is 29.0 Å². The van der Waals surface area contributed by atoms with Crippen molar-refractivity contribution in [1.82, 2.24) is 9.97 Å². The Morgan fingerprint density at radius 1 is 1.11 bits per heavy atom. The molecule has 0 atom stereocenters. The van der Waals surface area contributed by atoms with Gasteiger partial charge in [0.25, 0.3) is 0 Å². The van der Waals surface area contributed by atoms with Crippen molar-refractivity contribution in [1.29, 1.82) is 0 Å². The minimum atomic E-state index is -0.718. The van der Waals surface area contributed by atoms with Gasteiger partial charge in [-0.3, -0.25) is 4.79 Å². The van der Waals surface area contributed by atoms with Crippen LogP contribution in [-0.4, -0.2) is 16.3 Å². The summed E-state index contributed by atoms with van der Waals surface area (Å²) in [6, 6.07) is 10.5. The lowest BCUT2D eigenvalue weighted by Gasteiger charge is -2.14. The second-order valence-electron chi connectivity index (χ2n) is 5.86. The molecule has 3 rings (SSSR count). The fourth-order valence-corrected chi connectivity index (χ4v) is 2.79. The van der Waals surface area contributed by atoms with Gasteiger partial charge in [0, 0.05) is 34.3 Å². The van der Waals surface area contributed by atoms with Gasteiger partial charge in [0.15, 0.2) is 12.1 Å². The van der Waals surface area contributed by atoms with Gasteiger partial charge in [-0.15, -0.1) is 0 Å². The molecule has 0 aliphatic heterocycles. The molecule has 7 heteroatoms. The third-order valence-corrected chi connectivity index (χ3v) is 4.37. The smallest absolute Gasteiger partial charge is 0.221 e. The minimum absolute atomic E-state index is 0.0370. The lowest BCUT2D eigenvalue weighted by atomic mass is 10.0. The van der Waals surface area contributed by atoms with Crippen molar-refractivity contribution < 1.29 is 18.3 Å². The Morgan fingerprint density at radius 2 is 1.89 bits per heavy atom. The molecule has 0 fully saturated rings. The predicted octanol–water partition coefficient (Wildman–Crippen LogP) is 4.70. The van der Waals surface area contributed by atoms with Gasteiger partial charge in [-0.25, -0.2) is 13.8 Å². The first kappa shape index (κ1) is 18.9. The molecule has 0 bridgehead atoms. The number of aromatic nitrogens is 2. The molecule has 0 saturated carbocycles. The molecule has 138 valence electrons. The maximum atomic E-state index is 13.9. The highest BCUT2D eigenvalue weighted by atomic mass is 35.5. The van der Waals surface area contributed by atoms with Gasteiger partial charge < -0.3 is 4.74 Å². The van der Waals surface area contributed by atoms with Crippen LogP contribution in [0.4, 0.5) is 8.78 Å². The zero-order valence-electron chi connectivity index (χ0n) is 14.4. The number of benzene rings is 2. The zero-order chi connectivity index (χ0) is 19.4. The van der Waals surface area contributed by atoms with Crippen LogP contribution in [0.1, 0.15) is 33.0 Å². The quantitative estimate of drug-likeness (QED) is 0.574. The Hall–Kier alpha value is -2.86. The number of carbonyl (C=O) groups is 1. The number of ether oxygens (including phenoxy) is 1. The number of hydrogen-bond donors (Lipinski definition) is 0. The summed E-state index contributed by atoms with van der Waals surface area (Å²) in [6.45, 7) is 1.56. The van der Waals surface area contributed by atoms with Gasteiger partial charge in [-0.2, -0.15) is 4.98 Å². The SMILES string of the molecule is Cc1nc(C=O)nc(OCc2ccc(F)cc2F)c1Cc1ccccc1Cl. The maximum Gasteiger partial charge on any atom is 0.221 e. The van der Waals surface area contributed by atoms with E-state index in [-0.39, 0.29) is 23.9 Å². The molecule has 0 N–H and O–H groups in total. The minimum Gasteiger partial charge on any atom is -0.472 e. The summed E-state index contributed by atoms with van der Waals surface area (Å²) in [7, 11) is 0. The molecule has 2 aromatic carbocycles. The normalized spacial score (nSPS) is 10.7. The van der Waals surface area contributed by atoms with E-state index >= 15 is 0 Å². The van der Waals surface area contributed by atoms with Crippen LogP contribution < -0.4 is 4.74 Å². The topological polar surface area (TPSA) is 52.1 Å². The summed E-state index contributed by atoms with van der Waals surface area (Å²) in [5.74, 6) is -1.26. The fourth-order valence-electron chi connectivity index (χ4n) is 2.58. The Morgan fingerprint density at radius 3 is 2.59 bits per heavy atom. The summed E-state index contributed by atoms with van der Waals surface area (Å²) in [5, 5.41) is 0.576. The number of rotatable bonds is 6. The number of halogens is 3. The van der Waals surface area contributed by atoms with Crippen LogP contribution in [0.5, 0.6) is 5.88 Å². The third-order valence-electron chi connectivity index (χ3n) is 4.00. The van der Waals surface area contributed by atoms with E-state index < -0.39 is 11.6 Å². The van der Waals surface area contributed by atoms with E-state index in [9.17, 15) is 13.6 Å². The van der Waals surface area contributed by atoms with Crippen LogP contribution in [0.3, 0.4) is 0 Å². The van der Waals surface area contributed by atoms with Crippen molar-refractivity contribution in [2.24, 2.45) is 0 Å². The zero-order valence-corrected chi connectivity index (χ0v) is 15.1. The molecule has 0 unspecified atom stereocenters. The van der Waals surface area contributed by atoms with Crippen molar-refractivity contribution >= 4 is 17.9 Å². The van der Waals surface area contributed by atoms with Gasteiger partial charge in [0.2, 0.25) is 5.88 Å². The average Bonchev–Trinajstić information content (AvgIpc) is 2.64. The lowest BCUT2D eigenvalue weighted by Crippen LogP contribution is -2.09. The molecule has 0 amide bonds. The largest absolute Gasteiger partial charge is 0.472 e. The van der Waals surface area contributed by atoms with E-state index in [1.807, 2.05) is 18.2 Å². The number of aldehydes is 1. The van der Waals surface area contributed by atoms with E-state index in [2.05, 4.69) is 9.97 Å². The van der Waals surface area contributed by atoms with Gasteiger partial charge in [0.05, 0.1) is 0 Å². The van der Waals surface area contributed by atoms with Gasteiger partial charge >= 0.3 is 0 Å². The summed E-state index contributed by atoms with van der Waals surface area (Å²) >= 11 is 6.22. The van der Waals surface area contributed by atoms with E-state index in [1.54, 1.807) is 13.0 Å². The molecule has 0 saturated heterocycles. The molecular formula is C20H15ClF2N2O2. The van der Waals surface area contributed by atoms with Crippen LogP contribution in [0, 0.1) is 18.6 Å². The number of aryl methyl sites for hydroxylation is 1. The first-order chi connectivity index (χ1) is 13.0. The second-order valence-corrected chi connectivity index (χ2v) is 6.27. The Balaban J connectivity index is 1.93. The van der Waals surface area contributed by atoms with Gasteiger partial charge in [-0.1, -0.05) is 29.8 Å². The monoisotopic (exact) mass is 388 g/mol. The number of nitrogens with zero attached hydrogens (tertiary/aromatic N) is 2. The summed E-state index contributed by atoms with van der Waals surface area (Å²) in [5.41, 5.74) is 2.20. The van der Waals surface area contributed by atoms with Crippen molar-refractivity contribution in [3.05, 3.63) is 87.3 Å². The molecule has 1 heterocycles. The lowest BCUT2D eigenvalue weighted by molar-refractivity contribution is 0.111. The van der Waals surface area contributed by atoms with E-state index in [4.69, 9.17) is 16.3 Å². The van der Waals surface area contributed by atoms with Gasteiger partial charge in [0.1, 0.15) is 18.2 Å². The summed E-state index contributed by atoms with van der Waals surface area (Å²) < 4.78 is 32.6. The van der Waals surface area contributed by atoms with E-state index in [0.717, 1.165) is 17.7 Å². The maximum absolute atomic E-state index is 13.9. The molecule has 0 aliphatic rings. The van der Waals surface area contributed by atoms with Crippen molar-refractivity contribution in [2.45, 2.75) is 20.0 Å². The van der Waals surface area contributed by atoms with Crippen molar-refractivity contribution in [2.75, 3.05) is 0 Å². The Labute approximate surface area is 159 Å². The summed E-state index contributed by atoms with van der Waals surface area (Å²) in [4.78, 5) is 19.3. The van der Waals surface area contributed by atoms with Crippen LogP contribution in [0.15, 0.2) is 42.5 Å². The van der Waals surface area contributed by atoms with Crippen LogP contribution in [0.25, 0.3) is 0 Å². The standard InChI is InChI=1S/C20H15ClF2N2O2/c1-12-16(8-13-4-2-3-5-17(13)21)20(25-19(10-26)24-12)27-11-14-6-7-15(22)9-18(14)23/h2-7,9-10H,8,11H2,1H3. The van der Waals surface area contributed by atoms with E-state index in [1.165, 1.54) is 6.07 Å². The molecule has 27 heavy (non-hydrogen) atoms. The van der Waals surface area contributed by atoms with Crippen LogP contribution in [0.2, 0.25) is 5.02 Å². The molecular weight excluding hydrogens is 374 g/mol. The Bertz CT molecular complexity index is 996. The number of hydrogen-bond acceptors (Lipinski definition) is 4. The highest BCUT2D eigenvalue weighted by Gasteiger charge is 2.16. The fraction of sp³-hybridized carbons (Fsp3) is 0.150. The van der Waals surface area contributed by atoms with Crippen molar-refractivity contribution in [3.8, 4) is 5.88 Å². The number of carbonyl (C=O) groups excluding carboxylic acids is 1. The van der Waals surface area contributed by atoms with Crippen molar-refractivity contribution in [3.63, 3.8) is 0 Å². The highest BCUT2D eigenvalue weighted by molar-refractivity contribution is 6.31. The molecule has 1 aromatic heterocycles. The molecule has 0 aliphatic carbocycles.